The Morgan fingerprint density at radius 2 is 2.00 bits per heavy atom. The largest absolute Gasteiger partial charge is 0.338 e. The summed E-state index contributed by atoms with van der Waals surface area (Å²) in [6, 6.07) is 2.19. The Bertz CT molecular complexity index is 471. The summed E-state index contributed by atoms with van der Waals surface area (Å²) in [7, 11) is 2.01. The van der Waals surface area contributed by atoms with Gasteiger partial charge in [0.2, 0.25) is 0 Å². The average molecular weight is 343 g/mol. The van der Waals surface area contributed by atoms with E-state index < -0.39 is 0 Å². The topological polar surface area (TPSA) is 32.3 Å². The molecule has 0 atom stereocenters. The van der Waals surface area contributed by atoms with Gasteiger partial charge in [-0.15, -0.1) is 23.7 Å². The molecule has 1 aliphatic heterocycles. The fourth-order valence-electron chi connectivity index (χ4n) is 3.56. The van der Waals surface area contributed by atoms with Gasteiger partial charge in [-0.3, -0.25) is 4.79 Å². The maximum Gasteiger partial charge on any atom is 0.263 e. The van der Waals surface area contributed by atoms with E-state index in [2.05, 4.69) is 16.3 Å². The van der Waals surface area contributed by atoms with Crippen LogP contribution in [-0.2, 0) is 12.8 Å². The SMILES string of the molecule is CNCC1CCN(C(=O)c2cc3c(s2)CCCCC3)CC1.Cl. The van der Waals surface area contributed by atoms with E-state index in [1.807, 2.05) is 7.05 Å². The van der Waals surface area contributed by atoms with Crippen LogP contribution in [0.5, 0.6) is 0 Å². The molecule has 0 bridgehead atoms. The van der Waals surface area contributed by atoms with Crippen LogP contribution in [0.25, 0.3) is 0 Å². The van der Waals surface area contributed by atoms with Gasteiger partial charge in [-0.05, 0) is 69.7 Å². The second-order valence-corrected chi connectivity index (χ2v) is 7.55. The number of piperidine rings is 1. The first-order chi connectivity index (χ1) is 10.3. The van der Waals surface area contributed by atoms with Crippen LogP contribution >= 0.6 is 23.7 Å². The van der Waals surface area contributed by atoms with Crippen LogP contribution in [0.2, 0.25) is 0 Å². The molecular weight excluding hydrogens is 316 g/mol. The highest BCUT2D eigenvalue weighted by Gasteiger charge is 2.25. The van der Waals surface area contributed by atoms with Crippen molar-refractivity contribution in [2.45, 2.75) is 44.9 Å². The summed E-state index contributed by atoms with van der Waals surface area (Å²) in [5.41, 5.74) is 1.45. The van der Waals surface area contributed by atoms with Crippen molar-refractivity contribution in [3.63, 3.8) is 0 Å². The number of carbonyl (C=O) groups excluding carboxylic acids is 1. The highest BCUT2D eigenvalue weighted by Crippen LogP contribution is 2.30. The third kappa shape index (κ3) is 4.03. The molecular formula is C17H27ClN2OS. The van der Waals surface area contributed by atoms with E-state index in [4.69, 9.17) is 0 Å². The molecule has 1 N–H and O–H groups in total. The zero-order valence-corrected chi connectivity index (χ0v) is 15.0. The number of fused-ring (bicyclic) bond motifs is 1. The number of hydrogen-bond donors (Lipinski definition) is 1. The second-order valence-electron chi connectivity index (χ2n) is 6.41. The normalized spacial score (nSPS) is 19.2. The summed E-state index contributed by atoms with van der Waals surface area (Å²) in [4.78, 5) is 17.2. The second kappa shape index (κ2) is 8.32. The maximum absolute atomic E-state index is 12.7. The molecule has 1 aliphatic carbocycles. The van der Waals surface area contributed by atoms with Gasteiger partial charge in [0, 0.05) is 18.0 Å². The van der Waals surface area contributed by atoms with Crippen LogP contribution < -0.4 is 5.32 Å². The van der Waals surface area contributed by atoms with Crippen LogP contribution in [0, 0.1) is 5.92 Å². The first-order valence-corrected chi connectivity index (χ1v) is 9.15. The highest BCUT2D eigenvalue weighted by molar-refractivity contribution is 7.14. The number of likely N-dealkylation sites (tertiary alicyclic amines) is 1. The Morgan fingerprint density at radius 3 is 2.73 bits per heavy atom. The molecule has 5 heteroatoms. The predicted octanol–water partition coefficient (Wildman–Crippen LogP) is 3.51. The quantitative estimate of drug-likeness (QED) is 0.852. The number of nitrogens with zero attached hydrogens (tertiary/aromatic N) is 1. The van der Waals surface area contributed by atoms with Crippen molar-refractivity contribution in [1.82, 2.24) is 10.2 Å². The summed E-state index contributed by atoms with van der Waals surface area (Å²) in [6.45, 7) is 2.93. The number of amides is 1. The van der Waals surface area contributed by atoms with Gasteiger partial charge in [0.15, 0.2) is 0 Å². The van der Waals surface area contributed by atoms with E-state index in [1.165, 1.54) is 42.5 Å². The molecule has 0 saturated carbocycles. The van der Waals surface area contributed by atoms with Gasteiger partial charge in [-0.2, -0.15) is 0 Å². The van der Waals surface area contributed by atoms with Crippen molar-refractivity contribution in [2.24, 2.45) is 5.92 Å². The van der Waals surface area contributed by atoms with Crippen molar-refractivity contribution in [3.8, 4) is 0 Å². The summed E-state index contributed by atoms with van der Waals surface area (Å²) < 4.78 is 0. The number of carbonyl (C=O) groups is 1. The van der Waals surface area contributed by atoms with Crippen LogP contribution in [0.1, 0.15) is 52.2 Å². The van der Waals surface area contributed by atoms with Crippen molar-refractivity contribution in [1.29, 1.82) is 0 Å². The van der Waals surface area contributed by atoms with Gasteiger partial charge >= 0.3 is 0 Å². The number of rotatable bonds is 3. The molecule has 0 radical (unpaired) electrons. The standard InChI is InChI=1S/C17H26N2OS.ClH/c1-18-12-13-7-9-19(10-8-13)17(20)16-11-14-5-3-2-4-6-15(14)21-16;/h11,13,18H,2-10,12H2,1H3;1H. The van der Waals surface area contributed by atoms with Crippen LogP contribution in [0.15, 0.2) is 6.07 Å². The zero-order valence-electron chi connectivity index (χ0n) is 13.4. The Balaban J connectivity index is 0.00000176. The van der Waals surface area contributed by atoms with Crippen LogP contribution in [-0.4, -0.2) is 37.5 Å². The summed E-state index contributed by atoms with van der Waals surface area (Å²) in [5, 5.41) is 3.25. The van der Waals surface area contributed by atoms with Gasteiger partial charge in [0.25, 0.3) is 5.91 Å². The summed E-state index contributed by atoms with van der Waals surface area (Å²) in [6.07, 6.45) is 8.53. The lowest BCUT2D eigenvalue weighted by molar-refractivity contribution is 0.0696. The molecule has 124 valence electrons. The molecule has 1 saturated heterocycles. The van der Waals surface area contributed by atoms with E-state index >= 15 is 0 Å². The van der Waals surface area contributed by atoms with E-state index in [1.54, 1.807) is 11.3 Å². The van der Waals surface area contributed by atoms with Crippen LogP contribution in [0.4, 0.5) is 0 Å². The summed E-state index contributed by atoms with van der Waals surface area (Å²) >= 11 is 1.76. The molecule has 0 aromatic carbocycles. The molecule has 2 aliphatic rings. The highest BCUT2D eigenvalue weighted by atomic mass is 35.5. The Hall–Kier alpha value is -0.580. The van der Waals surface area contributed by atoms with Gasteiger partial charge in [-0.25, -0.2) is 0 Å². The van der Waals surface area contributed by atoms with Gasteiger partial charge in [0.05, 0.1) is 4.88 Å². The zero-order chi connectivity index (χ0) is 14.7. The molecule has 1 aromatic rings. The van der Waals surface area contributed by atoms with E-state index in [-0.39, 0.29) is 18.3 Å². The third-order valence-corrected chi connectivity index (χ3v) is 6.08. The minimum absolute atomic E-state index is 0. The number of hydrogen-bond acceptors (Lipinski definition) is 3. The molecule has 3 rings (SSSR count). The van der Waals surface area contributed by atoms with Gasteiger partial charge in [0.1, 0.15) is 0 Å². The molecule has 1 amide bonds. The number of halogens is 1. The van der Waals surface area contributed by atoms with Crippen molar-refractivity contribution in [2.75, 3.05) is 26.7 Å². The molecule has 1 aromatic heterocycles. The van der Waals surface area contributed by atoms with Crippen molar-refractivity contribution in [3.05, 3.63) is 21.4 Å². The smallest absolute Gasteiger partial charge is 0.263 e. The predicted molar refractivity (Wildman–Crippen MR) is 95.4 cm³/mol. The molecule has 0 unspecified atom stereocenters. The van der Waals surface area contributed by atoms with Crippen LogP contribution in [0.3, 0.4) is 0 Å². The first kappa shape index (κ1) is 17.8. The Morgan fingerprint density at radius 1 is 1.27 bits per heavy atom. The van der Waals surface area contributed by atoms with E-state index in [9.17, 15) is 4.79 Å². The van der Waals surface area contributed by atoms with Gasteiger partial charge < -0.3 is 10.2 Å². The monoisotopic (exact) mass is 342 g/mol. The number of aryl methyl sites for hydroxylation is 2. The van der Waals surface area contributed by atoms with Crippen molar-refractivity contribution >= 4 is 29.7 Å². The fourth-order valence-corrected chi connectivity index (χ4v) is 4.78. The number of nitrogens with one attached hydrogen (secondary N) is 1. The lowest BCUT2D eigenvalue weighted by Crippen LogP contribution is -2.40. The molecule has 2 heterocycles. The average Bonchev–Trinajstić information content (AvgIpc) is 2.79. The Kier molecular flexibility index (Phi) is 6.72. The molecule has 1 fully saturated rings. The molecule has 0 spiro atoms. The Labute approximate surface area is 143 Å². The van der Waals surface area contributed by atoms with E-state index in [0.717, 1.165) is 43.3 Å². The van der Waals surface area contributed by atoms with Crippen molar-refractivity contribution < 1.29 is 4.79 Å². The summed E-state index contributed by atoms with van der Waals surface area (Å²) in [5.74, 6) is 1.01. The lowest BCUT2D eigenvalue weighted by Gasteiger charge is -2.31. The van der Waals surface area contributed by atoms with Gasteiger partial charge in [-0.1, -0.05) is 6.42 Å². The molecule has 3 nitrogen and oxygen atoms in total. The fraction of sp³-hybridized carbons (Fsp3) is 0.706. The minimum Gasteiger partial charge on any atom is -0.338 e. The lowest BCUT2D eigenvalue weighted by atomic mass is 9.97. The first-order valence-electron chi connectivity index (χ1n) is 8.33. The minimum atomic E-state index is 0. The number of thiophene rings is 1. The third-order valence-electron chi connectivity index (χ3n) is 4.85. The molecule has 22 heavy (non-hydrogen) atoms. The maximum atomic E-state index is 12.7. The van der Waals surface area contributed by atoms with E-state index in [0.29, 0.717) is 0 Å².